The summed E-state index contributed by atoms with van der Waals surface area (Å²) >= 11 is 0. The van der Waals surface area contributed by atoms with Crippen molar-refractivity contribution in [3.8, 4) is 39.9 Å². The first-order chi connectivity index (χ1) is 25.2. The van der Waals surface area contributed by atoms with Gasteiger partial charge in [0.25, 0.3) is 0 Å². The lowest BCUT2D eigenvalue weighted by atomic mass is 9.63. The number of rotatable bonds is 4. The van der Waals surface area contributed by atoms with Crippen molar-refractivity contribution in [2.24, 2.45) is 0 Å². The molecule has 0 spiro atoms. The Morgan fingerprint density at radius 1 is 0.423 bits per heavy atom. The molecule has 0 aliphatic rings. The summed E-state index contributed by atoms with van der Waals surface area (Å²) in [5, 5.41) is 4.68. The maximum absolute atomic E-state index is 6.95. The molecule has 0 unspecified atom stereocenters. The summed E-state index contributed by atoms with van der Waals surface area (Å²) in [7, 11) is 18.2. The van der Waals surface area contributed by atoms with Gasteiger partial charge in [-0.25, -0.2) is 15.0 Å². The molecule has 3 aromatic heterocycles. The van der Waals surface area contributed by atoms with E-state index in [2.05, 4.69) is 97.7 Å². The fourth-order valence-electron chi connectivity index (χ4n) is 8.23. The van der Waals surface area contributed by atoms with Gasteiger partial charge in [0, 0.05) is 38.5 Å². The van der Waals surface area contributed by atoms with Crippen LogP contribution in [0.1, 0.15) is 0 Å². The maximum Gasteiger partial charge on any atom is 0.164 e. The molecule has 0 atom stereocenters. The van der Waals surface area contributed by atoms with E-state index >= 15 is 0 Å². The molecule has 238 valence electrons. The van der Waals surface area contributed by atoms with E-state index in [1.807, 2.05) is 66.7 Å². The highest BCUT2D eigenvalue weighted by atomic mass is 16.3. The van der Waals surface area contributed by atoms with E-state index in [4.69, 9.17) is 19.4 Å². The van der Waals surface area contributed by atoms with Crippen LogP contribution in [0.3, 0.4) is 0 Å². The van der Waals surface area contributed by atoms with Gasteiger partial charge >= 0.3 is 0 Å². The van der Waals surface area contributed by atoms with Crippen molar-refractivity contribution in [3.63, 3.8) is 0 Å². The van der Waals surface area contributed by atoms with Gasteiger partial charge in [0.1, 0.15) is 68.4 Å². The quantitative estimate of drug-likeness (QED) is 0.181. The number of nitrogens with zero attached hydrogens (tertiary/aromatic N) is 4. The normalized spacial score (nSPS) is 11.7. The van der Waals surface area contributed by atoms with E-state index in [1.165, 1.54) is 65.5 Å². The second-order valence-corrected chi connectivity index (χ2v) is 14.3. The van der Waals surface area contributed by atoms with Crippen molar-refractivity contribution >= 4 is 150 Å². The van der Waals surface area contributed by atoms with Crippen LogP contribution >= 0.6 is 0 Å². The van der Waals surface area contributed by atoms with Gasteiger partial charge in [-0.3, -0.25) is 0 Å². The average Bonchev–Trinajstić information content (AvgIpc) is 3.75. The highest BCUT2D eigenvalue weighted by Gasteiger charge is 2.26. The molecule has 9 aromatic rings. The molecule has 13 heteroatoms. The molecule has 0 N–H and O–H groups in total. The van der Waals surface area contributed by atoms with Crippen molar-refractivity contribution in [3.05, 3.63) is 97.1 Å². The molecular weight excluding hydrogens is 627 g/mol. The van der Waals surface area contributed by atoms with Crippen molar-refractivity contribution in [1.29, 1.82) is 0 Å². The zero-order valence-electron chi connectivity index (χ0n) is 30.9. The van der Waals surface area contributed by atoms with Crippen LogP contribution in [-0.2, 0) is 0 Å². The van der Waals surface area contributed by atoms with Gasteiger partial charge in [0.15, 0.2) is 23.1 Å². The Balaban J connectivity index is 1.38. The second kappa shape index (κ2) is 12.0. The number of benzene rings is 6. The largest absolute Gasteiger partial charge is 0.454 e. The molecule has 3 heterocycles. The van der Waals surface area contributed by atoms with Crippen LogP contribution in [-0.4, -0.2) is 82.3 Å². The number of furan rings is 1. The summed E-state index contributed by atoms with van der Waals surface area (Å²) in [5.41, 5.74) is 18.6. The molecule has 0 radical (unpaired) electrons. The lowest BCUT2D eigenvalue weighted by Crippen LogP contribution is -2.49. The molecule has 0 aliphatic heterocycles. The van der Waals surface area contributed by atoms with Gasteiger partial charge in [0.2, 0.25) is 0 Å². The smallest absolute Gasteiger partial charge is 0.164 e. The Labute approximate surface area is 309 Å². The number of fused-ring (bicyclic) bond motifs is 6. The molecule has 52 heavy (non-hydrogen) atoms. The number of aromatic nitrogens is 4. The van der Waals surface area contributed by atoms with Crippen molar-refractivity contribution < 1.29 is 4.42 Å². The Bertz CT molecular complexity index is 2810. The first-order valence-electron chi connectivity index (χ1n) is 18.0. The fraction of sp³-hybridized carbons (Fsp3) is 0. The van der Waals surface area contributed by atoms with Crippen molar-refractivity contribution in [2.45, 2.75) is 0 Å². The zero-order chi connectivity index (χ0) is 36.0. The van der Waals surface area contributed by atoms with Crippen LogP contribution in [0.5, 0.6) is 0 Å². The Morgan fingerprint density at radius 2 is 0.904 bits per heavy atom. The lowest BCUT2D eigenvalue weighted by molar-refractivity contribution is 0.666. The Hall–Kier alpha value is -5.55. The van der Waals surface area contributed by atoms with Crippen LogP contribution in [0.25, 0.3) is 83.6 Å². The summed E-state index contributed by atoms with van der Waals surface area (Å²) in [6, 6.07) is 33.0. The molecule has 5 nitrogen and oxygen atoms in total. The van der Waals surface area contributed by atoms with Crippen molar-refractivity contribution in [2.75, 3.05) is 0 Å². The van der Waals surface area contributed by atoms with E-state index in [1.54, 1.807) is 0 Å². The van der Waals surface area contributed by atoms with Crippen LogP contribution in [0.4, 0.5) is 0 Å². The van der Waals surface area contributed by atoms with Crippen molar-refractivity contribution in [1.82, 2.24) is 19.5 Å². The first-order valence-corrected chi connectivity index (χ1v) is 18.0. The van der Waals surface area contributed by atoms with E-state index in [9.17, 15) is 0 Å². The van der Waals surface area contributed by atoms with Gasteiger partial charge in [0.05, 0.1) is 5.69 Å². The molecule has 0 saturated heterocycles. The van der Waals surface area contributed by atoms with Gasteiger partial charge in [-0.05, 0) is 22.9 Å². The molecule has 9 rings (SSSR count). The number of hydrogen-bond donors (Lipinski definition) is 0. The monoisotopic (exact) mass is 660 g/mol. The SMILES string of the molecule is Bc1c(B)c(B)c2c(c1B)c1c(B)c(B)c(B)c(B)c1n2-c1cccc2c1oc1cccc(-c3nc(-c4ccccc4)nc(-c4ccccc4)n3)c12. The van der Waals surface area contributed by atoms with Gasteiger partial charge in [-0.15, -0.1) is 10.9 Å². The highest BCUT2D eigenvalue weighted by Crippen LogP contribution is 2.40. The predicted molar refractivity (Wildman–Crippen MR) is 243 cm³/mol. The number of para-hydroxylation sites is 1. The van der Waals surface area contributed by atoms with E-state index in [0.29, 0.717) is 17.5 Å². The zero-order valence-corrected chi connectivity index (χ0v) is 30.9. The van der Waals surface area contributed by atoms with E-state index in [0.717, 1.165) is 44.3 Å². The molecular formula is C39H32B8N4O. The molecule has 6 aromatic carbocycles. The van der Waals surface area contributed by atoms with Crippen LogP contribution < -0.4 is 43.7 Å². The third-order valence-electron chi connectivity index (χ3n) is 11.7. The van der Waals surface area contributed by atoms with E-state index < -0.39 is 0 Å². The van der Waals surface area contributed by atoms with Crippen LogP contribution in [0.2, 0.25) is 0 Å². The summed E-state index contributed by atoms with van der Waals surface area (Å²) in [6.45, 7) is 0. The summed E-state index contributed by atoms with van der Waals surface area (Å²) in [5.74, 6) is 1.87. The van der Waals surface area contributed by atoms with E-state index in [-0.39, 0.29) is 0 Å². The molecule has 0 saturated carbocycles. The molecule has 0 bridgehead atoms. The predicted octanol–water partition coefficient (Wildman–Crippen LogP) is -4.06. The number of hydrogen-bond acceptors (Lipinski definition) is 4. The lowest BCUT2D eigenvalue weighted by Gasteiger charge is -2.17. The standard InChI is InChI=1S/C39H32B8N4O/c40-26-24-25-27(41)29(43)31(45)33(47)35(25)51(34(24)32(46)30(44)28(26)42)21-15-7-13-19-23-20(14-8-16-22(23)52-36(19)21)39-49-37(17-9-3-1-4-10-17)48-38(50-39)18-11-5-2-6-12-18/h1-16H,40-47H2. The highest BCUT2D eigenvalue weighted by molar-refractivity contribution is 6.71. The molecule has 0 aliphatic carbocycles. The van der Waals surface area contributed by atoms with Gasteiger partial charge in [-0.2, -0.15) is 0 Å². The third kappa shape index (κ3) is 4.64. The Morgan fingerprint density at radius 3 is 1.44 bits per heavy atom. The minimum atomic E-state index is 0.610. The molecule has 0 fully saturated rings. The first kappa shape index (κ1) is 32.4. The Kier molecular flexibility index (Phi) is 7.48. The second-order valence-electron chi connectivity index (χ2n) is 14.3. The molecule has 0 amide bonds. The summed E-state index contributed by atoms with van der Waals surface area (Å²) in [6.07, 6.45) is 0. The third-order valence-corrected chi connectivity index (χ3v) is 11.7. The van der Waals surface area contributed by atoms with Crippen LogP contribution in [0, 0.1) is 0 Å². The maximum atomic E-state index is 6.95. The average molecular weight is 659 g/mol. The minimum absolute atomic E-state index is 0.610. The van der Waals surface area contributed by atoms with Crippen LogP contribution in [0.15, 0.2) is 101 Å². The van der Waals surface area contributed by atoms with Gasteiger partial charge in [-0.1, -0.05) is 118 Å². The fourth-order valence-corrected chi connectivity index (χ4v) is 8.23. The summed E-state index contributed by atoms with van der Waals surface area (Å²) < 4.78 is 9.44. The minimum Gasteiger partial charge on any atom is -0.454 e. The topological polar surface area (TPSA) is 56.7 Å². The summed E-state index contributed by atoms with van der Waals surface area (Å²) in [4.78, 5) is 15.1. The van der Waals surface area contributed by atoms with Gasteiger partial charge < -0.3 is 8.98 Å².